The lowest BCUT2D eigenvalue weighted by Crippen LogP contribution is -2.51. The van der Waals surface area contributed by atoms with Crippen LogP contribution in [-0.2, 0) is 14.8 Å². The van der Waals surface area contributed by atoms with E-state index in [2.05, 4.69) is 0 Å². The summed E-state index contributed by atoms with van der Waals surface area (Å²) in [5.41, 5.74) is 5.69. The molecule has 0 aromatic heterocycles. The van der Waals surface area contributed by atoms with E-state index in [0.717, 1.165) is 12.1 Å². The van der Waals surface area contributed by atoms with Crippen LogP contribution in [0.15, 0.2) is 23.1 Å². The molecule has 1 fully saturated rings. The first-order chi connectivity index (χ1) is 9.90. The molecule has 0 bridgehead atoms. The van der Waals surface area contributed by atoms with Gasteiger partial charge in [0, 0.05) is 26.2 Å². The van der Waals surface area contributed by atoms with Crippen molar-refractivity contribution in [2.75, 3.05) is 20.2 Å². The lowest BCUT2D eigenvalue weighted by molar-refractivity contribution is 0.0401. The van der Waals surface area contributed by atoms with E-state index >= 15 is 0 Å². The zero-order valence-corrected chi connectivity index (χ0v) is 13.2. The third-order valence-electron chi connectivity index (χ3n) is 3.70. The SMILES string of the molecule is COC1CCN(S(=O)(=O)c2ccc(F)cc2Cl)C(CN)C1. The van der Waals surface area contributed by atoms with E-state index < -0.39 is 15.8 Å². The summed E-state index contributed by atoms with van der Waals surface area (Å²) in [7, 11) is -2.21. The molecule has 1 heterocycles. The minimum Gasteiger partial charge on any atom is -0.381 e. The van der Waals surface area contributed by atoms with Gasteiger partial charge in [0.25, 0.3) is 0 Å². The summed E-state index contributed by atoms with van der Waals surface area (Å²) >= 11 is 5.88. The van der Waals surface area contributed by atoms with Crippen molar-refractivity contribution in [3.8, 4) is 0 Å². The number of nitrogens with two attached hydrogens (primary N) is 1. The third-order valence-corrected chi connectivity index (χ3v) is 6.13. The Morgan fingerprint density at radius 1 is 1.52 bits per heavy atom. The van der Waals surface area contributed by atoms with E-state index in [-0.39, 0.29) is 28.6 Å². The largest absolute Gasteiger partial charge is 0.381 e. The Kier molecular flexibility index (Phi) is 5.21. The summed E-state index contributed by atoms with van der Waals surface area (Å²) < 4.78 is 45.1. The Morgan fingerprint density at radius 3 is 2.81 bits per heavy atom. The minimum atomic E-state index is -3.80. The highest BCUT2D eigenvalue weighted by Crippen LogP contribution is 2.30. The number of hydrogen-bond acceptors (Lipinski definition) is 4. The second-order valence-corrected chi connectivity index (χ2v) is 7.23. The van der Waals surface area contributed by atoms with Crippen LogP contribution in [0.2, 0.25) is 5.02 Å². The molecule has 8 heteroatoms. The van der Waals surface area contributed by atoms with Crippen LogP contribution in [0, 0.1) is 5.82 Å². The van der Waals surface area contributed by atoms with Crippen molar-refractivity contribution in [1.29, 1.82) is 0 Å². The number of methoxy groups -OCH3 is 1. The summed E-state index contributed by atoms with van der Waals surface area (Å²) in [6, 6.07) is 2.91. The van der Waals surface area contributed by atoms with Crippen molar-refractivity contribution in [3.05, 3.63) is 29.0 Å². The number of nitrogens with zero attached hydrogens (tertiary/aromatic N) is 1. The smallest absolute Gasteiger partial charge is 0.244 e. The van der Waals surface area contributed by atoms with Gasteiger partial charge in [0.2, 0.25) is 10.0 Å². The molecule has 1 aliphatic rings. The molecule has 2 N–H and O–H groups in total. The number of rotatable bonds is 4. The van der Waals surface area contributed by atoms with Crippen LogP contribution in [0.1, 0.15) is 12.8 Å². The van der Waals surface area contributed by atoms with Gasteiger partial charge in [0.05, 0.1) is 11.1 Å². The molecule has 2 rings (SSSR count). The van der Waals surface area contributed by atoms with Gasteiger partial charge in [-0.05, 0) is 31.0 Å². The van der Waals surface area contributed by atoms with Crippen molar-refractivity contribution in [2.45, 2.75) is 29.9 Å². The Hall–Kier alpha value is -0.730. The number of sulfonamides is 1. The second kappa shape index (κ2) is 6.58. The molecule has 5 nitrogen and oxygen atoms in total. The van der Waals surface area contributed by atoms with E-state index in [1.165, 1.54) is 10.4 Å². The van der Waals surface area contributed by atoms with E-state index in [1.54, 1.807) is 7.11 Å². The monoisotopic (exact) mass is 336 g/mol. The van der Waals surface area contributed by atoms with Crippen molar-refractivity contribution in [3.63, 3.8) is 0 Å². The van der Waals surface area contributed by atoms with Crippen LogP contribution >= 0.6 is 11.6 Å². The summed E-state index contributed by atoms with van der Waals surface area (Å²) in [6.45, 7) is 0.494. The van der Waals surface area contributed by atoms with E-state index in [4.69, 9.17) is 22.1 Å². The molecule has 21 heavy (non-hydrogen) atoms. The molecule has 1 aromatic carbocycles. The van der Waals surface area contributed by atoms with Gasteiger partial charge in [-0.3, -0.25) is 0 Å². The van der Waals surface area contributed by atoms with Crippen molar-refractivity contribution in [1.82, 2.24) is 4.31 Å². The second-order valence-electron chi connectivity index (χ2n) is 4.96. The van der Waals surface area contributed by atoms with Crippen molar-refractivity contribution >= 4 is 21.6 Å². The first-order valence-corrected chi connectivity index (χ1v) is 8.41. The average molecular weight is 337 g/mol. The minimum absolute atomic E-state index is 0.00584. The maximum absolute atomic E-state index is 13.1. The highest BCUT2D eigenvalue weighted by Gasteiger charge is 2.37. The van der Waals surface area contributed by atoms with Gasteiger partial charge in [0.15, 0.2) is 0 Å². The first kappa shape index (κ1) is 16.6. The molecular weight excluding hydrogens is 319 g/mol. The number of halogens is 2. The predicted octanol–water partition coefficient (Wildman–Crippen LogP) is 1.61. The quantitative estimate of drug-likeness (QED) is 0.906. The summed E-state index contributed by atoms with van der Waals surface area (Å²) in [6.07, 6.45) is 1.12. The van der Waals surface area contributed by atoms with Gasteiger partial charge in [-0.2, -0.15) is 4.31 Å². The molecule has 2 unspecified atom stereocenters. The first-order valence-electron chi connectivity index (χ1n) is 6.60. The molecule has 1 saturated heterocycles. The maximum Gasteiger partial charge on any atom is 0.244 e. The van der Waals surface area contributed by atoms with E-state index in [9.17, 15) is 12.8 Å². The molecule has 0 amide bonds. The molecule has 1 aliphatic heterocycles. The van der Waals surface area contributed by atoms with Crippen LogP contribution in [0.25, 0.3) is 0 Å². The van der Waals surface area contributed by atoms with Crippen LogP contribution in [-0.4, -0.2) is 45.1 Å². The molecule has 0 aliphatic carbocycles. The third kappa shape index (κ3) is 3.37. The predicted molar refractivity (Wildman–Crippen MR) is 78.2 cm³/mol. The molecule has 0 radical (unpaired) electrons. The number of piperidine rings is 1. The molecule has 1 aromatic rings. The highest BCUT2D eigenvalue weighted by molar-refractivity contribution is 7.89. The molecule has 0 spiro atoms. The topological polar surface area (TPSA) is 72.6 Å². The fraction of sp³-hybridized carbons (Fsp3) is 0.538. The van der Waals surface area contributed by atoms with Crippen LogP contribution in [0.3, 0.4) is 0 Å². The lowest BCUT2D eigenvalue weighted by Gasteiger charge is -2.37. The van der Waals surface area contributed by atoms with Gasteiger partial charge in [0.1, 0.15) is 10.7 Å². The van der Waals surface area contributed by atoms with E-state index in [1.807, 2.05) is 0 Å². The lowest BCUT2D eigenvalue weighted by atomic mass is 10.0. The summed E-state index contributed by atoms with van der Waals surface area (Å²) in [5, 5.41) is -0.125. The Labute approximate surface area is 128 Å². The number of hydrogen-bond donors (Lipinski definition) is 1. The molecule has 0 saturated carbocycles. The molecular formula is C13H18ClFN2O3S. The standard InChI is InChI=1S/C13H18ClFN2O3S/c1-20-11-4-5-17(10(7-11)8-16)21(18,19)13-3-2-9(15)6-12(13)14/h2-3,6,10-11H,4-5,7-8,16H2,1H3. The molecule has 2 atom stereocenters. The van der Waals surface area contributed by atoms with Gasteiger partial charge in [-0.25, -0.2) is 12.8 Å². The van der Waals surface area contributed by atoms with Gasteiger partial charge < -0.3 is 10.5 Å². The summed E-state index contributed by atoms with van der Waals surface area (Å²) in [4.78, 5) is -0.0973. The number of ether oxygens (including phenoxy) is 1. The fourth-order valence-corrected chi connectivity index (χ4v) is 4.72. The van der Waals surface area contributed by atoms with Gasteiger partial charge in [-0.15, -0.1) is 0 Å². The average Bonchev–Trinajstić information content (AvgIpc) is 2.46. The van der Waals surface area contributed by atoms with Crippen molar-refractivity contribution < 1.29 is 17.5 Å². The Bertz CT molecular complexity index is 611. The zero-order chi connectivity index (χ0) is 15.6. The van der Waals surface area contributed by atoms with Crippen LogP contribution < -0.4 is 5.73 Å². The van der Waals surface area contributed by atoms with Crippen LogP contribution in [0.4, 0.5) is 4.39 Å². The van der Waals surface area contributed by atoms with Gasteiger partial charge in [-0.1, -0.05) is 11.6 Å². The van der Waals surface area contributed by atoms with Gasteiger partial charge >= 0.3 is 0 Å². The number of benzene rings is 1. The van der Waals surface area contributed by atoms with Crippen molar-refractivity contribution in [2.24, 2.45) is 5.73 Å². The van der Waals surface area contributed by atoms with E-state index in [0.29, 0.717) is 19.4 Å². The Morgan fingerprint density at radius 2 is 2.24 bits per heavy atom. The maximum atomic E-state index is 13.1. The molecule has 118 valence electrons. The summed E-state index contributed by atoms with van der Waals surface area (Å²) in [5.74, 6) is -0.576. The fourth-order valence-electron chi connectivity index (χ4n) is 2.55. The van der Waals surface area contributed by atoms with Crippen LogP contribution in [0.5, 0.6) is 0 Å². The highest BCUT2D eigenvalue weighted by atomic mass is 35.5. The zero-order valence-electron chi connectivity index (χ0n) is 11.6. The Balaban J connectivity index is 2.34. The normalized spacial score (nSPS) is 24.2.